The minimum Gasteiger partial charge on any atom is -0.358 e. The summed E-state index contributed by atoms with van der Waals surface area (Å²) in [6.07, 6.45) is 0. The van der Waals surface area contributed by atoms with E-state index in [0.29, 0.717) is 10.7 Å². The highest BCUT2D eigenvalue weighted by Gasteiger charge is 2.26. The van der Waals surface area contributed by atoms with Crippen LogP contribution in [0.5, 0.6) is 0 Å². The molecule has 122 valence electrons. The topological polar surface area (TPSA) is 66.5 Å². The van der Waals surface area contributed by atoms with E-state index in [4.69, 9.17) is 11.6 Å². The Hall–Kier alpha value is -2.05. The van der Waals surface area contributed by atoms with Crippen molar-refractivity contribution in [3.63, 3.8) is 0 Å². The minimum absolute atomic E-state index is 0.127. The third-order valence-electron chi connectivity index (χ3n) is 3.29. The highest BCUT2D eigenvalue weighted by Crippen LogP contribution is 2.25. The lowest BCUT2D eigenvalue weighted by Gasteiger charge is -2.24. The van der Waals surface area contributed by atoms with Crippen LogP contribution >= 0.6 is 11.6 Å². The molecular weight excluding hydrogens is 336 g/mol. The summed E-state index contributed by atoms with van der Waals surface area (Å²) >= 11 is 5.85. The summed E-state index contributed by atoms with van der Waals surface area (Å²) < 4.78 is 26.8. The Balaban J connectivity index is 2.49. The van der Waals surface area contributed by atoms with E-state index in [2.05, 4.69) is 5.32 Å². The Morgan fingerprint density at radius 1 is 1.09 bits per heavy atom. The average molecular weight is 353 g/mol. The molecule has 0 aliphatic rings. The van der Waals surface area contributed by atoms with Gasteiger partial charge in [0.25, 0.3) is 10.0 Å². The van der Waals surface area contributed by atoms with Gasteiger partial charge in [-0.1, -0.05) is 29.3 Å². The van der Waals surface area contributed by atoms with Gasteiger partial charge in [-0.25, -0.2) is 8.42 Å². The molecule has 0 atom stereocenters. The molecular formula is C16H17ClN2O3S. The number of likely N-dealkylation sites (N-methyl/N-ethyl adjacent to an activating group) is 1. The van der Waals surface area contributed by atoms with Crippen molar-refractivity contribution < 1.29 is 13.2 Å². The minimum atomic E-state index is -3.86. The SMILES string of the molecule is CNC(=O)CN(c1ccc(Cl)cc1)S(=O)(=O)c1ccc(C)cc1. The number of amides is 1. The number of rotatable bonds is 5. The van der Waals surface area contributed by atoms with Gasteiger partial charge in [0.2, 0.25) is 5.91 Å². The smallest absolute Gasteiger partial charge is 0.264 e. The zero-order valence-electron chi connectivity index (χ0n) is 12.8. The molecule has 5 nitrogen and oxygen atoms in total. The second-order valence-corrected chi connectivity index (χ2v) is 7.27. The summed E-state index contributed by atoms with van der Waals surface area (Å²) in [5, 5.41) is 2.93. The molecule has 0 unspecified atom stereocenters. The summed E-state index contributed by atoms with van der Waals surface area (Å²) in [4.78, 5) is 11.9. The van der Waals surface area contributed by atoms with E-state index in [1.54, 1.807) is 36.4 Å². The largest absolute Gasteiger partial charge is 0.358 e. The summed E-state index contributed by atoms with van der Waals surface area (Å²) in [6.45, 7) is 1.56. The molecule has 0 saturated heterocycles. The van der Waals surface area contributed by atoms with Gasteiger partial charge in [0, 0.05) is 12.1 Å². The van der Waals surface area contributed by atoms with Crippen LogP contribution in [0.15, 0.2) is 53.4 Å². The Kier molecular flexibility index (Phi) is 5.28. The van der Waals surface area contributed by atoms with E-state index in [0.717, 1.165) is 9.87 Å². The Morgan fingerprint density at radius 3 is 2.17 bits per heavy atom. The van der Waals surface area contributed by atoms with E-state index in [1.807, 2.05) is 6.92 Å². The number of nitrogens with one attached hydrogen (secondary N) is 1. The van der Waals surface area contributed by atoms with Crippen molar-refractivity contribution in [3.05, 3.63) is 59.1 Å². The zero-order valence-corrected chi connectivity index (χ0v) is 14.4. The van der Waals surface area contributed by atoms with Crippen LogP contribution in [0.3, 0.4) is 0 Å². The van der Waals surface area contributed by atoms with Crippen LogP contribution in [0.25, 0.3) is 0 Å². The van der Waals surface area contributed by atoms with Gasteiger partial charge in [0.15, 0.2) is 0 Å². The van der Waals surface area contributed by atoms with Gasteiger partial charge < -0.3 is 5.32 Å². The number of benzene rings is 2. The van der Waals surface area contributed by atoms with Crippen LogP contribution < -0.4 is 9.62 Å². The predicted octanol–water partition coefficient (Wildman–Crippen LogP) is 2.59. The highest BCUT2D eigenvalue weighted by molar-refractivity contribution is 7.92. The van der Waals surface area contributed by atoms with Gasteiger partial charge in [-0.05, 0) is 43.3 Å². The quantitative estimate of drug-likeness (QED) is 0.899. The number of carbonyl (C=O) groups excluding carboxylic acids is 1. The van der Waals surface area contributed by atoms with Crippen molar-refractivity contribution >= 4 is 33.2 Å². The number of hydrogen-bond donors (Lipinski definition) is 1. The maximum Gasteiger partial charge on any atom is 0.264 e. The monoisotopic (exact) mass is 352 g/mol. The third kappa shape index (κ3) is 4.03. The highest BCUT2D eigenvalue weighted by atomic mass is 35.5. The molecule has 1 amide bonds. The molecule has 0 radical (unpaired) electrons. The van der Waals surface area contributed by atoms with Gasteiger partial charge in [0.1, 0.15) is 6.54 Å². The lowest BCUT2D eigenvalue weighted by atomic mass is 10.2. The van der Waals surface area contributed by atoms with E-state index in [-0.39, 0.29) is 11.4 Å². The van der Waals surface area contributed by atoms with Crippen molar-refractivity contribution in [1.82, 2.24) is 5.32 Å². The predicted molar refractivity (Wildman–Crippen MR) is 91.2 cm³/mol. The number of anilines is 1. The van der Waals surface area contributed by atoms with Crippen molar-refractivity contribution in [3.8, 4) is 0 Å². The van der Waals surface area contributed by atoms with E-state index in [1.165, 1.54) is 19.2 Å². The Morgan fingerprint density at radius 2 is 1.65 bits per heavy atom. The molecule has 23 heavy (non-hydrogen) atoms. The van der Waals surface area contributed by atoms with Crippen LogP contribution in [-0.4, -0.2) is 27.9 Å². The Bertz CT molecular complexity index is 787. The zero-order chi connectivity index (χ0) is 17.0. The second kappa shape index (κ2) is 7.02. The number of hydrogen-bond acceptors (Lipinski definition) is 3. The molecule has 0 spiro atoms. The molecule has 0 fully saturated rings. The first kappa shape index (κ1) is 17.3. The van der Waals surface area contributed by atoms with Crippen LogP contribution in [0.2, 0.25) is 5.02 Å². The summed E-state index contributed by atoms with van der Waals surface area (Å²) in [6, 6.07) is 12.8. The number of nitrogens with zero attached hydrogens (tertiary/aromatic N) is 1. The van der Waals surface area contributed by atoms with Gasteiger partial charge in [-0.2, -0.15) is 0 Å². The fourth-order valence-corrected chi connectivity index (χ4v) is 3.52. The number of halogens is 1. The fourth-order valence-electron chi connectivity index (χ4n) is 1.97. The standard InChI is InChI=1S/C16H17ClN2O3S/c1-12-3-9-15(10-4-12)23(21,22)19(11-16(20)18-2)14-7-5-13(17)6-8-14/h3-10H,11H2,1-2H3,(H,18,20). The van der Waals surface area contributed by atoms with E-state index < -0.39 is 15.9 Å². The van der Waals surface area contributed by atoms with Crippen molar-refractivity contribution in [1.29, 1.82) is 0 Å². The molecule has 0 bridgehead atoms. The van der Waals surface area contributed by atoms with Gasteiger partial charge in [-0.15, -0.1) is 0 Å². The molecule has 2 aromatic rings. The number of sulfonamides is 1. The van der Waals surface area contributed by atoms with Crippen LogP contribution in [-0.2, 0) is 14.8 Å². The van der Waals surface area contributed by atoms with Crippen molar-refractivity contribution in [2.45, 2.75) is 11.8 Å². The van der Waals surface area contributed by atoms with Crippen molar-refractivity contribution in [2.24, 2.45) is 0 Å². The maximum atomic E-state index is 12.9. The summed E-state index contributed by atoms with van der Waals surface area (Å²) in [5.74, 6) is -0.407. The molecule has 0 heterocycles. The molecule has 7 heteroatoms. The molecule has 0 saturated carbocycles. The molecule has 0 aliphatic heterocycles. The van der Waals surface area contributed by atoms with Crippen LogP contribution in [0.4, 0.5) is 5.69 Å². The van der Waals surface area contributed by atoms with Gasteiger partial charge >= 0.3 is 0 Å². The van der Waals surface area contributed by atoms with Crippen LogP contribution in [0.1, 0.15) is 5.56 Å². The molecule has 0 aliphatic carbocycles. The third-order valence-corrected chi connectivity index (χ3v) is 5.33. The first-order valence-electron chi connectivity index (χ1n) is 6.90. The molecule has 1 N–H and O–H groups in total. The average Bonchev–Trinajstić information content (AvgIpc) is 2.53. The maximum absolute atomic E-state index is 12.9. The first-order valence-corrected chi connectivity index (χ1v) is 8.72. The van der Waals surface area contributed by atoms with Gasteiger partial charge in [0.05, 0.1) is 10.6 Å². The van der Waals surface area contributed by atoms with E-state index >= 15 is 0 Å². The second-order valence-electron chi connectivity index (χ2n) is 4.97. The normalized spacial score (nSPS) is 11.1. The Labute approximate surface area is 140 Å². The van der Waals surface area contributed by atoms with Crippen molar-refractivity contribution in [2.75, 3.05) is 17.9 Å². The summed E-state index contributed by atoms with van der Waals surface area (Å²) in [5.41, 5.74) is 1.33. The lowest BCUT2D eigenvalue weighted by Crippen LogP contribution is -2.39. The van der Waals surface area contributed by atoms with Crippen LogP contribution in [0, 0.1) is 6.92 Å². The molecule has 2 aromatic carbocycles. The number of aryl methyl sites for hydroxylation is 1. The van der Waals surface area contributed by atoms with Gasteiger partial charge in [-0.3, -0.25) is 9.10 Å². The van der Waals surface area contributed by atoms with E-state index in [9.17, 15) is 13.2 Å². The molecule has 0 aromatic heterocycles. The molecule has 2 rings (SSSR count). The first-order chi connectivity index (χ1) is 10.8. The lowest BCUT2D eigenvalue weighted by molar-refractivity contribution is -0.119. The fraction of sp³-hybridized carbons (Fsp3) is 0.188. The number of carbonyl (C=O) groups is 1. The summed E-state index contributed by atoms with van der Waals surface area (Å²) in [7, 11) is -2.40.